The van der Waals surface area contributed by atoms with Crippen molar-refractivity contribution in [1.29, 1.82) is 5.26 Å². The molecule has 0 N–H and O–H groups in total. The van der Waals surface area contributed by atoms with Crippen molar-refractivity contribution in [3.8, 4) is 11.8 Å². The van der Waals surface area contributed by atoms with Crippen molar-refractivity contribution in [2.75, 3.05) is 24.7 Å². The third kappa shape index (κ3) is 5.33. The lowest BCUT2D eigenvalue weighted by Crippen LogP contribution is -2.45. The van der Waals surface area contributed by atoms with Gasteiger partial charge >= 0.3 is 5.97 Å². The number of likely N-dealkylation sites (tertiary alicyclic amines) is 1. The summed E-state index contributed by atoms with van der Waals surface area (Å²) in [5, 5.41) is 8.94. The van der Waals surface area contributed by atoms with Gasteiger partial charge in [-0.05, 0) is 51.0 Å². The van der Waals surface area contributed by atoms with Crippen LogP contribution >= 0.6 is 0 Å². The number of carbonyl (C=O) groups is 4. The fraction of sp³-hybridized carbons (Fsp3) is 0.542. The van der Waals surface area contributed by atoms with E-state index in [-0.39, 0.29) is 36.6 Å². The number of amides is 3. The summed E-state index contributed by atoms with van der Waals surface area (Å²) in [5.74, 6) is -2.04. The first-order chi connectivity index (χ1) is 15.9. The molecule has 9 nitrogen and oxygen atoms in total. The van der Waals surface area contributed by atoms with Crippen molar-refractivity contribution in [2.45, 2.75) is 52.0 Å². The van der Waals surface area contributed by atoms with Gasteiger partial charge in [-0.25, -0.2) is 4.79 Å². The SMILES string of the molecule is CCOc1ccc(N(CCC#N)C(=O)COC(=O)[C@H](C)N2C(=O)C3CCCCC3C2=O)cc1. The molecule has 1 heterocycles. The fourth-order valence-electron chi connectivity index (χ4n) is 4.46. The quantitative estimate of drug-likeness (QED) is 0.415. The highest BCUT2D eigenvalue weighted by atomic mass is 16.5. The van der Waals surface area contributed by atoms with Gasteiger partial charge in [0.1, 0.15) is 11.8 Å². The number of rotatable bonds is 9. The zero-order valence-electron chi connectivity index (χ0n) is 19.0. The van der Waals surface area contributed by atoms with Gasteiger partial charge in [-0.2, -0.15) is 5.26 Å². The van der Waals surface area contributed by atoms with Crippen LogP contribution < -0.4 is 9.64 Å². The molecule has 0 aromatic heterocycles. The maximum Gasteiger partial charge on any atom is 0.329 e. The Bertz CT molecular complexity index is 915. The normalized spacial score (nSPS) is 20.6. The number of esters is 1. The molecule has 2 aliphatic rings. The molecule has 1 aliphatic heterocycles. The van der Waals surface area contributed by atoms with E-state index in [1.165, 1.54) is 11.8 Å². The van der Waals surface area contributed by atoms with Crippen LogP contribution in [0.1, 0.15) is 46.0 Å². The van der Waals surface area contributed by atoms with Gasteiger partial charge < -0.3 is 14.4 Å². The largest absolute Gasteiger partial charge is 0.494 e. The molecule has 3 rings (SSSR count). The van der Waals surface area contributed by atoms with Gasteiger partial charge in [0.25, 0.3) is 5.91 Å². The zero-order valence-corrected chi connectivity index (χ0v) is 19.0. The molecule has 1 saturated carbocycles. The minimum atomic E-state index is -1.10. The molecule has 2 fully saturated rings. The van der Waals surface area contributed by atoms with Crippen LogP contribution in [-0.4, -0.2) is 54.4 Å². The second-order valence-corrected chi connectivity index (χ2v) is 8.21. The number of carbonyl (C=O) groups excluding carboxylic acids is 4. The summed E-state index contributed by atoms with van der Waals surface area (Å²) in [7, 11) is 0. The van der Waals surface area contributed by atoms with E-state index in [9.17, 15) is 19.2 Å². The van der Waals surface area contributed by atoms with Gasteiger partial charge in [0.15, 0.2) is 6.61 Å². The lowest BCUT2D eigenvalue weighted by Gasteiger charge is -2.24. The second-order valence-electron chi connectivity index (χ2n) is 8.21. The molecule has 0 radical (unpaired) electrons. The number of nitrogens with zero attached hydrogens (tertiary/aromatic N) is 3. The number of benzene rings is 1. The van der Waals surface area contributed by atoms with Gasteiger partial charge in [-0.1, -0.05) is 12.8 Å². The van der Waals surface area contributed by atoms with E-state index < -0.39 is 24.5 Å². The fourth-order valence-corrected chi connectivity index (χ4v) is 4.46. The molecule has 2 unspecified atom stereocenters. The van der Waals surface area contributed by atoms with E-state index in [0.29, 0.717) is 30.9 Å². The zero-order chi connectivity index (χ0) is 24.0. The van der Waals surface area contributed by atoms with Crippen LogP contribution in [0.15, 0.2) is 24.3 Å². The summed E-state index contributed by atoms with van der Waals surface area (Å²) in [6.07, 6.45) is 3.20. The van der Waals surface area contributed by atoms with Crippen LogP contribution in [0.5, 0.6) is 5.75 Å². The van der Waals surface area contributed by atoms with Crippen LogP contribution in [0.25, 0.3) is 0 Å². The predicted octanol–water partition coefficient (Wildman–Crippen LogP) is 2.44. The average molecular weight is 456 g/mol. The van der Waals surface area contributed by atoms with E-state index in [1.807, 2.05) is 13.0 Å². The van der Waals surface area contributed by atoms with Crippen molar-refractivity contribution in [3.63, 3.8) is 0 Å². The number of fused-ring (bicyclic) bond motifs is 1. The smallest absolute Gasteiger partial charge is 0.329 e. The summed E-state index contributed by atoms with van der Waals surface area (Å²) in [6, 6.07) is 7.71. The first-order valence-electron chi connectivity index (χ1n) is 11.3. The number of ether oxygens (including phenoxy) is 2. The Balaban J connectivity index is 1.63. The van der Waals surface area contributed by atoms with Gasteiger partial charge in [0, 0.05) is 12.2 Å². The molecule has 1 aromatic rings. The Morgan fingerprint density at radius 1 is 1.15 bits per heavy atom. The summed E-state index contributed by atoms with van der Waals surface area (Å²) >= 11 is 0. The van der Waals surface area contributed by atoms with Crippen molar-refractivity contribution in [3.05, 3.63) is 24.3 Å². The Hall–Kier alpha value is -3.41. The summed E-state index contributed by atoms with van der Waals surface area (Å²) in [6.45, 7) is 3.38. The Kier molecular flexibility index (Phi) is 8.04. The average Bonchev–Trinajstić information content (AvgIpc) is 3.08. The molecule has 9 heteroatoms. The highest BCUT2D eigenvalue weighted by Crippen LogP contribution is 2.38. The first kappa shape index (κ1) is 24.2. The molecule has 1 aliphatic carbocycles. The topological polar surface area (TPSA) is 117 Å². The number of nitriles is 1. The van der Waals surface area contributed by atoms with Gasteiger partial charge in [-0.3, -0.25) is 19.3 Å². The van der Waals surface area contributed by atoms with Crippen molar-refractivity contribution < 1.29 is 28.7 Å². The van der Waals surface area contributed by atoms with E-state index in [1.54, 1.807) is 24.3 Å². The third-order valence-electron chi connectivity index (χ3n) is 6.15. The van der Waals surface area contributed by atoms with E-state index in [0.717, 1.165) is 17.7 Å². The van der Waals surface area contributed by atoms with Gasteiger partial charge in [0.05, 0.1) is 30.9 Å². The maximum absolute atomic E-state index is 12.8. The lowest BCUT2D eigenvalue weighted by atomic mass is 9.81. The number of hydrogen-bond donors (Lipinski definition) is 0. The van der Waals surface area contributed by atoms with E-state index >= 15 is 0 Å². The highest BCUT2D eigenvalue weighted by Gasteiger charge is 2.51. The molecule has 1 aromatic carbocycles. The molecular weight excluding hydrogens is 426 g/mol. The highest BCUT2D eigenvalue weighted by molar-refractivity contribution is 6.08. The third-order valence-corrected chi connectivity index (χ3v) is 6.15. The Morgan fingerprint density at radius 3 is 2.30 bits per heavy atom. The van der Waals surface area contributed by atoms with E-state index in [2.05, 4.69) is 0 Å². The standard InChI is InChI=1S/C24H29N3O6/c1-3-32-18-11-9-17(10-12-18)26(14-6-13-25)21(28)15-33-24(31)16(2)27-22(29)19-7-4-5-8-20(19)23(27)30/h9-12,16,19-20H,3-8,14-15H2,1-2H3/t16-,19?,20?/m0/s1. The van der Waals surface area contributed by atoms with E-state index in [4.69, 9.17) is 14.7 Å². The Labute approximate surface area is 193 Å². The molecule has 33 heavy (non-hydrogen) atoms. The Morgan fingerprint density at radius 2 is 1.76 bits per heavy atom. The first-order valence-corrected chi connectivity index (χ1v) is 11.3. The van der Waals surface area contributed by atoms with Gasteiger partial charge in [-0.15, -0.1) is 0 Å². The van der Waals surface area contributed by atoms with Crippen LogP contribution in [-0.2, 0) is 23.9 Å². The summed E-state index contributed by atoms with van der Waals surface area (Å²) in [5.41, 5.74) is 0.539. The van der Waals surface area contributed by atoms with Gasteiger partial charge in [0.2, 0.25) is 11.8 Å². The number of hydrogen-bond acceptors (Lipinski definition) is 7. The molecular formula is C24H29N3O6. The molecule has 3 atom stereocenters. The molecule has 176 valence electrons. The number of imide groups is 1. The predicted molar refractivity (Wildman–Crippen MR) is 118 cm³/mol. The number of anilines is 1. The molecule has 0 bridgehead atoms. The summed E-state index contributed by atoms with van der Waals surface area (Å²) in [4.78, 5) is 53.2. The van der Waals surface area contributed by atoms with Crippen LogP contribution in [0.3, 0.4) is 0 Å². The molecule has 0 spiro atoms. The lowest BCUT2D eigenvalue weighted by molar-refractivity contribution is -0.159. The minimum Gasteiger partial charge on any atom is -0.494 e. The maximum atomic E-state index is 12.8. The van der Waals surface area contributed by atoms with Crippen LogP contribution in [0.2, 0.25) is 0 Å². The van der Waals surface area contributed by atoms with Crippen molar-refractivity contribution in [2.24, 2.45) is 11.8 Å². The summed E-state index contributed by atoms with van der Waals surface area (Å²) < 4.78 is 10.6. The van der Waals surface area contributed by atoms with Crippen LogP contribution in [0.4, 0.5) is 5.69 Å². The second kappa shape index (κ2) is 10.9. The monoisotopic (exact) mass is 455 g/mol. The molecule has 1 saturated heterocycles. The van der Waals surface area contributed by atoms with Crippen molar-refractivity contribution in [1.82, 2.24) is 4.90 Å². The van der Waals surface area contributed by atoms with Crippen molar-refractivity contribution >= 4 is 29.4 Å². The van der Waals surface area contributed by atoms with Crippen LogP contribution in [0, 0.1) is 23.2 Å². The minimum absolute atomic E-state index is 0.100. The molecule has 3 amide bonds.